The van der Waals surface area contributed by atoms with E-state index in [1.54, 1.807) is 6.07 Å². The molecule has 0 saturated heterocycles. The van der Waals surface area contributed by atoms with Gasteiger partial charge in [0.1, 0.15) is 0 Å². The molecule has 0 aliphatic carbocycles. The molecule has 6 heteroatoms. The van der Waals surface area contributed by atoms with Crippen molar-refractivity contribution in [2.75, 3.05) is 13.2 Å². The summed E-state index contributed by atoms with van der Waals surface area (Å²) in [6.07, 6.45) is -4.04. The van der Waals surface area contributed by atoms with Crippen molar-refractivity contribution in [1.29, 1.82) is 0 Å². The number of ketones is 1. The number of hydrogen-bond donors (Lipinski definition) is 0. The molecule has 1 heterocycles. The molecule has 0 amide bonds. The molecule has 1 aromatic heterocycles. The SMILES string of the molecule is O=C(CCCOCCCC(F)(F)F)c1cccs1. The standard InChI is InChI=1S/C12H15F3O2S/c13-12(14,15)6-3-8-17-7-1-4-10(16)11-5-2-9-18-11/h2,5,9H,1,3-4,6-8H2. The van der Waals surface area contributed by atoms with E-state index in [1.165, 1.54) is 11.3 Å². The molecule has 0 aromatic carbocycles. The highest BCUT2D eigenvalue weighted by molar-refractivity contribution is 7.12. The minimum atomic E-state index is -4.11. The van der Waals surface area contributed by atoms with Crippen molar-refractivity contribution in [3.63, 3.8) is 0 Å². The third-order valence-corrected chi connectivity index (χ3v) is 3.15. The molecule has 0 unspecified atom stereocenters. The zero-order chi connectivity index (χ0) is 13.4. The first-order valence-corrected chi connectivity index (χ1v) is 6.58. The Balaban J connectivity index is 1.98. The van der Waals surface area contributed by atoms with E-state index in [9.17, 15) is 18.0 Å². The highest BCUT2D eigenvalue weighted by atomic mass is 32.1. The predicted octanol–water partition coefficient (Wildman–Crippen LogP) is 4.07. The first kappa shape index (κ1) is 15.2. The minimum absolute atomic E-state index is 0.0254. The van der Waals surface area contributed by atoms with Crippen LogP contribution in [0.5, 0.6) is 0 Å². The monoisotopic (exact) mass is 280 g/mol. The maximum Gasteiger partial charge on any atom is 0.389 e. The van der Waals surface area contributed by atoms with Crippen LogP contribution in [0.3, 0.4) is 0 Å². The average molecular weight is 280 g/mol. The lowest BCUT2D eigenvalue weighted by molar-refractivity contribution is -0.137. The van der Waals surface area contributed by atoms with Gasteiger partial charge in [0.05, 0.1) is 4.88 Å². The summed E-state index contributed by atoms with van der Waals surface area (Å²) in [7, 11) is 0. The Kier molecular flexibility index (Phi) is 6.35. The number of carbonyl (C=O) groups excluding carboxylic acids is 1. The Morgan fingerprint density at radius 3 is 2.61 bits per heavy atom. The van der Waals surface area contributed by atoms with Gasteiger partial charge in [-0.25, -0.2) is 0 Å². The van der Waals surface area contributed by atoms with Gasteiger partial charge >= 0.3 is 6.18 Å². The molecule has 102 valence electrons. The molecule has 1 rings (SSSR count). The largest absolute Gasteiger partial charge is 0.389 e. The second-order valence-corrected chi connectivity index (χ2v) is 4.78. The molecule has 0 radical (unpaired) electrons. The lowest BCUT2D eigenvalue weighted by Crippen LogP contribution is -2.09. The van der Waals surface area contributed by atoms with Crippen molar-refractivity contribution in [1.82, 2.24) is 0 Å². The second-order valence-electron chi connectivity index (χ2n) is 3.84. The van der Waals surface area contributed by atoms with Crippen LogP contribution in [0.15, 0.2) is 17.5 Å². The van der Waals surface area contributed by atoms with Gasteiger partial charge in [0.25, 0.3) is 0 Å². The third kappa shape index (κ3) is 6.76. The van der Waals surface area contributed by atoms with Gasteiger partial charge in [0, 0.05) is 26.1 Å². The second kappa shape index (κ2) is 7.53. The van der Waals surface area contributed by atoms with Gasteiger partial charge in [-0.3, -0.25) is 4.79 Å². The average Bonchev–Trinajstić information content (AvgIpc) is 2.79. The van der Waals surface area contributed by atoms with Gasteiger partial charge in [0.15, 0.2) is 5.78 Å². The summed E-state index contributed by atoms with van der Waals surface area (Å²) in [5.74, 6) is 0.0592. The number of ether oxygens (including phenoxy) is 1. The fraction of sp³-hybridized carbons (Fsp3) is 0.583. The lowest BCUT2D eigenvalue weighted by atomic mass is 10.2. The topological polar surface area (TPSA) is 26.3 Å². The molecule has 0 aliphatic heterocycles. The van der Waals surface area contributed by atoms with E-state index in [2.05, 4.69) is 0 Å². The smallest absolute Gasteiger partial charge is 0.381 e. The number of carbonyl (C=O) groups is 1. The molecule has 0 fully saturated rings. The van der Waals surface area contributed by atoms with Crippen molar-refractivity contribution < 1.29 is 22.7 Å². The van der Waals surface area contributed by atoms with Crippen LogP contribution in [0, 0.1) is 0 Å². The third-order valence-electron chi connectivity index (χ3n) is 2.24. The zero-order valence-electron chi connectivity index (χ0n) is 9.83. The summed E-state index contributed by atoms with van der Waals surface area (Å²) >= 11 is 1.39. The van der Waals surface area contributed by atoms with E-state index in [0.29, 0.717) is 24.3 Å². The van der Waals surface area contributed by atoms with Crippen molar-refractivity contribution >= 4 is 17.1 Å². The fourth-order valence-corrected chi connectivity index (χ4v) is 2.07. The highest BCUT2D eigenvalue weighted by Crippen LogP contribution is 2.21. The summed E-state index contributed by atoms with van der Waals surface area (Å²) in [6, 6.07) is 3.57. The summed E-state index contributed by atoms with van der Waals surface area (Å²) in [6.45, 7) is 0.418. The molecular weight excluding hydrogens is 265 g/mol. The van der Waals surface area contributed by atoms with Crippen LogP contribution < -0.4 is 0 Å². The quantitative estimate of drug-likeness (QED) is 0.530. The van der Waals surface area contributed by atoms with Crippen molar-refractivity contribution in [2.45, 2.75) is 31.9 Å². The van der Waals surface area contributed by atoms with Gasteiger partial charge in [-0.15, -0.1) is 11.3 Å². The minimum Gasteiger partial charge on any atom is -0.381 e. The number of alkyl halides is 3. The van der Waals surface area contributed by atoms with Crippen LogP contribution in [0.2, 0.25) is 0 Å². The lowest BCUT2D eigenvalue weighted by Gasteiger charge is -2.06. The Morgan fingerprint density at radius 1 is 1.28 bits per heavy atom. The normalized spacial score (nSPS) is 11.7. The number of Topliss-reactive ketones (excluding diaryl/α,β-unsaturated/α-hetero) is 1. The van der Waals surface area contributed by atoms with Crippen molar-refractivity contribution in [2.24, 2.45) is 0 Å². The van der Waals surface area contributed by atoms with Gasteiger partial charge in [-0.05, 0) is 24.3 Å². The molecule has 0 aliphatic rings. The molecule has 0 bridgehead atoms. The highest BCUT2D eigenvalue weighted by Gasteiger charge is 2.25. The van der Waals surface area contributed by atoms with E-state index < -0.39 is 12.6 Å². The molecule has 0 spiro atoms. The Morgan fingerprint density at radius 2 is 2.00 bits per heavy atom. The van der Waals surface area contributed by atoms with E-state index in [0.717, 1.165) is 0 Å². The van der Waals surface area contributed by atoms with Gasteiger partial charge in [0.2, 0.25) is 0 Å². The number of thiophene rings is 1. The van der Waals surface area contributed by atoms with Crippen LogP contribution in [0.1, 0.15) is 35.4 Å². The summed E-state index contributed by atoms with van der Waals surface area (Å²) in [5.41, 5.74) is 0. The molecule has 0 N–H and O–H groups in total. The van der Waals surface area contributed by atoms with Gasteiger partial charge in [-0.1, -0.05) is 6.07 Å². The molecule has 18 heavy (non-hydrogen) atoms. The van der Waals surface area contributed by atoms with E-state index in [4.69, 9.17) is 4.74 Å². The van der Waals surface area contributed by atoms with E-state index >= 15 is 0 Å². The Hall–Kier alpha value is -0.880. The van der Waals surface area contributed by atoms with Gasteiger partial charge in [-0.2, -0.15) is 13.2 Å². The number of rotatable bonds is 8. The molecule has 0 atom stereocenters. The van der Waals surface area contributed by atoms with Crippen LogP contribution in [0.4, 0.5) is 13.2 Å². The Bertz CT molecular complexity index is 347. The van der Waals surface area contributed by atoms with Crippen molar-refractivity contribution in [3.05, 3.63) is 22.4 Å². The van der Waals surface area contributed by atoms with Crippen LogP contribution in [0.25, 0.3) is 0 Å². The number of hydrogen-bond acceptors (Lipinski definition) is 3. The molecular formula is C12H15F3O2S. The zero-order valence-corrected chi connectivity index (χ0v) is 10.6. The Labute approximate surface area is 108 Å². The molecule has 2 nitrogen and oxygen atoms in total. The fourth-order valence-electron chi connectivity index (χ4n) is 1.37. The van der Waals surface area contributed by atoms with E-state index in [-0.39, 0.29) is 18.8 Å². The van der Waals surface area contributed by atoms with Crippen molar-refractivity contribution in [3.8, 4) is 0 Å². The predicted molar refractivity (Wildman–Crippen MR) is 64.0 cm³/mol. The summed E-state index contributed by atoms with van der Waals surface area (Å²) < 4.78 is 40.4. The first-order valence-electron chi connectivity index (χ1n) is 5.70. The number of halogens is 3. The van der Waals surface area contributed by atoms with Crippen LogP contribution in [-0.2, 0) is 4.74 Å². The van der Waals surface area contributed by atoms with Crippen LogP contribution in [-0.4, -0.2) is 25.2 Å². The first-order chi connectivity index (χ1) is 8.49. The van der Waals surface area contributed by atoms with E-state index in [1.807, 2.05) is 11.4 Å². The summed E-state index contributed by atoms with van der Waals surface area (Å²) in [4.78, 5) is 12.2. The molecule has 0 saturated carbocycles. The summed E-state index contributed by atoms with van der Waals surface area (Å²) in [5, 5.41) is 1.83. The maximum atomic E-state index is 11.8. The maximum absolute atomic E-state index is 11.8. The van der Waals surface area contributed by atoms with Gasteiger partial charge < -0.3 is 4.74 Å². The van der Waals surface area contributed by atoms with Crippen LogP contribution >= 0.6 is 11.3 Å². The molecule has 1 aromatic rings.